The summed E-state index contributed by atoms with van der Waals surface area (Å²) in [4.78, 5) is 11.2. The van der Waals surface area contributed by atoms with Crippen molar-refractivity contribution in [2.24, 2.45) is 5.92 Å². The van der Waals surface area contributed by atoms with Crippen molar-refractivity contribution in [2.75, 3.05) is 18.5 Å². The summed E-state index contributed by atoms with van der Waals surface area (Å²) in [5.74, 6) is 1.47. The molecule has 1 aromatic heterocycles. The predicted octanol–water partition coefficient (Wildman–Crippen LogP) is 2.38. The van der Waals surface area contributed by atoms with Gasteiger partial charge in [-0.05, 0) is 39.3 Å². The van der Waals surface area contributed by atoms with Gasteiger partial charge < -0.3 is 10.2 Å². The predicted molar refractivity (Wildman–Crippen MR) is 76.9 cm³/mol. The normalized spacial score (nSPS) is 11.3. The average molecular weight is 250 g/mol. The number of anilines is 1. The van der Waals surface area contributed by atoms with Crippen LogP contribution in [0, 0.1) is 12.8 Å². The molecule has 0 aliphatic heterocycles. The smallest absolute Gasteiger partial charge is 0.225 e. The number of nitrogens with one attached hydrogen (secondary N) is 1. The van der Waals surface area contributed by atoms with Crippen LogP contribution in [0.5, 0.6) is 0 Å². The van der Waals surface area contributed by atoms with E-state index in [0.29, 0.717) is 12.0 Å². The molecule has 0 atom stereocenters. The molecule has 1 aromatic rings. The first-order chi connectivity index (χ1) is 8.40. The molecule has 0 radical (unpaired) electrons. The molecule has 4 heteroatoms. The van der Waals surface area contributed by atoms with Crippen LogP contribution in [-0.4, -0.2) is 29.6 Å². The summed E-state index contributed by atoms with van der Waals surface area (Å²) in [6.07, 6.45) is 0. The van der Waals surface area contributed by atoms with Gasteiger partial charge in [-0.2, -0.15) is 0 Å². The second-order valence-electron chi connectivity index (χ2n) is 5.53. The van der Waals surface area contributed by atoms with Crippen molar-refractivity contribution in [1.29, 1.82) is 0 Å². The molecule has 0 bridgehead atoms. The number of hydrogen-bond donors (Lipinski definition) is 1. The third-order valence-corrected chi connectivity index (χ3v) is 2.84. The highest BCUT2D eigenvalue weighted by molar-refractivity contribution is 5.32. The largest absolute Gasteiger partial charge is 0.341 e. The summed E-state index contributed by atoms with van der Waals surface area (Å²) < 4.78 is 0. The SMILES string of the molecule is Cc1cc(CNCC(C)C)nc(N(C)C(C)C)n1. The Balaban J connectivity index is 2.74. The first-order valence-corrected chi connectivity index (χ1v) is 6.68. The van der Waals surface area contributed by atoms with Crippen molar-refractivity contribution in [3.63, 3.8) is 0 Å². The second-order valence-corrected chi connectivity index (χ2v) is 5.53. The Morgan fingerprint density at radius 3 is 2.44 bits per heavy atom. The maximum atomic E-state index is 4.60. The van der Waals surface area contributed by atoms with E-state index in [-0.39, 0.29) is 0 Å². The molecule has 0 amide bonds. The fourth-order valence-electron chi connectivity index (χ4n) is 1.59. The second kappa shape index (κ2) is 6.69. The lowest BCUT2D eigenvalue weighted by Crippen LogP contribution is -2.28. The van der Waals surface area contributed by atoms with E-state index in [1.165, 1.54) is 0 Å². The summed E-state index contributed by atoms with van der Waals surface area (Å²) in [5, 5.41) is 3.41. The molecule has 0 fully saturated rings. The zero-order chi connectivity index (χ0) is 13.7. The molecule has 1 N–H and O–H groups in total. The van der Waals surface area contributed by atoms with Gasteiger partial charge in [0.05, 0.1) is 5.69 Å². The summed E-state index contributed by atoms with van der Waals surface area (Å²) >= 11 is 0. The molecule has 0 aliphatic carbocycles. The molecule has 0 saturated carbocycles. The molecule has 0 aliphatic rings. The maximum absolute atomic E-state index is 4.60. The lowest BCUT2D eigenvalue weighted by atomic mass is 10.2. The monoisotopic (exact) mass is 250 g/mol. The lowest BCUT2D eigenvalue weighted by Gasteiger charge is -2.22. The molecule has 4 nitrogen and oxygen atoms in total. The van der Waals surface area contributed by atoms with Gasteiger partial charge in [-0.3, -0.25) is 0 Å². The maximum Gasteiger partial charge on any atom is 0.225 e. The minimum atomic E-state index is 0.406. The van der Waals surface area contributed by atoms with Crippen LogP contribution >= 0.6 is 0 Å². The Bertz CT molecular complexity index is 374. The Kier molecular flexibility index (Phi) is 5.54. The number of nitrogens with zero attached hydrogens (tertiary/aromatic N) is 3. The van der Waals surface area contributed by atoms with E-state index in [1.54, 1.807) is 0 Å². The van der Waals surface area contributed by atoms with E-state index in [4.69, 9.17) is 0 Å². The summed E-state index contributed by atoms with van der Waals surface area (Å²) in [6, 6.07) is 2.45. The van der Waals surface area contributed by atoms with Gasteiger partial charge in [0.1, 0.15) is 0 Å². The fraction of sp³-hybridized carbons (Fsp3) is 0.714. The van der Waals surface area contributed by atoms with Crippen molar-refractivity contribution in [1.82, 2.24) is 15.3 Å². The first-order valence-electron chi connectivity index (χ1n) is 6.68. The van der Waals surface area contributed by atoms with Crippen LogP contribution in [0.4, 0.5) is 5.95 Å². The summed E-state index contributed by atoms with van der Waals surface area (Å²) in [6.45, 7) is 12.5. The molecule has 0 saturated heterocycles. The Labute approximate surface area is 111 Å². The average Bonchev–Trinajstić information content (AvgIpc) is 2.26. The zero-order valence-corrected chi connectivity index (χ0v) is 12.5. The molecule has 18 heavy (non-hydrogen) atoms. The van der Waals surface area contributed by atoms with Crippen LogP contribution in [-0.2, 0) is 6.54 Å². The van der Waals surface area contributed by atoms with Gasteiger partial charge in [-0.1, -0.05) is 13.8 Å². The number of aromatic nitrogens is 2. The zero-order valence-electron chi connectivity index (χ0n) is 12.5. The topological polar surface area (TPSA) is 41.1 Å². The van der Waals surface area contributed by atoms with E-state index in [1.807, 2.05) is 20.0 Å². The molecule has 102 valence electrons. The van der Waals surface area contributed by atoms with Crippen LogP contribution in [0.25, 0.3) is 0 Å². The molecule has 1 heterocycles. The van der Waals surface area contributed by atoms with Gasteiger partial charge in [0.2, 0.25) is 5.95 Å². The van der Waals surface area contributed by atoms with Crippen molar-refractivity contribution in [3.05, 3.63) is 17.5 Å². The minimum absolute atomic E-state index is 0.406. The van der Waals surface area contributed by atoms with Crippen molar-refractivity contribution >= 4 is 5.95 Å². The Hall–Kier alpha value is -1.16. The third kappa shape index (κ3) is 4.61. The van der Waals surface area contributed by atoms with E-state index in [9.17, 15) is 0 Å². The third-order valence-electron chi connectivity index (χ3n) is 2.84. The highest BCUT2D eigenvalue weighted by Crippen LogP contribution is 2.11. The standard InChI is InChI=1S/C14H26N4/c1-10(2)8-15-9-13-7-12(5)16-14(17-13)18(6)11(3)4/h7,10-11,15H,8-9H2,1-6H3. The molecular weight excluding hydrogens is 224 g/mol. The summed E-state index contributed by atoms with van der Waals surface area (Å²) in [7, 11) is 2.03. The lowest BCUT2D eigenvalue weighted by molar-refractivity contribution is 0.547. The molecule has 0 unspecified atom stereocenters. The van der Waals surface area contributed by atoms with Gasteiger partial charge >= 0.3 is 0 Å². The van der Waals surface area contributed by atoms with Crippen LogP contribution in [0.2, 0.25) is 0 Å². The molecule has 0 aromatic carbocycles. The highest BCUT2D eigenvalue weighted by atomic mass is 15.2. The van der Waals surface area contributed by atoms with Crippen LogP contribution in [0.3, 0.4) is 0 Å². The van der Waals surface area contributed by atoms with Crippen molar-refractivity contribution in [2.45, 2.75) is 47.2 Å². The van der Waals surface area contributed by atoms with Crippen LogP contribution in [0.15, 0.2) is 6.07 Å². The fourth-order valence-corrected chi connectivity index (χ4v) is 1.59. The molecule has 1 rings (SSSR count). The van der Waals surface area contributed by atoms with Gasteiger partial charge in [-0.25, -0.2) is 9.97 Å². The van der Waals surface area contributed by atoms with E-state index in [0.717, 1.165) is 30.4 Å². The van der Waals surface area contributed by atoms with E-state index >= 15 is 0 Å². The van der Waals surface area contributed by atoms with Gasteiger partial charge in [0.25, 0.3) is 0 Å². The van der Waals surface area contributed by atoms with Gasteiger partial charge in [-0.15, -0.1) is 0 Å². The number of aryl methyl sites for hydroxylation is 1. The first kappa shape index (κ1) is 14.9. The Morgan fingerprint density at radius 2 is 1.89 bits per heavy atom. The number of hydrogen-bond acceptors (Lipinski definition) is 4. The number of rotatable bonds is 6. The minimum Gasteiger partial charge on any atom is -0.341 e. The molecular formula is C14H26N4. The molecule has 0 spiro atoms. The van der Waals surface area contributed by atoms with E-state index < -0.39 is 0 Å². The van der Waals surface area contributed by atoms with Crippen molar-refractivity contribution in [3.8, 4) is 0 Å². The Morgan fingerprint density at radius 1 is 1.22 bits per heavy atom. The highest BCUT2D eigenvalue weighted by Gasteiger charge is 2.10. The van der Waals surface area contributed by atoms with Crippen LogP contribution < -0.4 is 10.2 Å². The van der Waals surface area contributed by atoms with Gasteiger partial charge in [0.15, 0.2) is 0 Å². The van der Waals surface area contributed by atoms with Crippen LogP contribution in [0.1, 0.15) is 39.1 Å². The van der Waals surface area contributed by atoms with Gasteiger partial charge in [0, 0.05) is 25.3 Å². The van der Waals surface area contributed by atoms with Crippen molar-refractivity contribution < 1.29 is 0 Å². The quantitative estimate of drug-likeness (QED) is 0.841. The van der Waals surface area contributed by atoms with E-state index in [2.05, 4.69) is 47.9 Å². The summed E-state index contributed by atoms with van der Waals surface area (Å²) in [5.41, 5.74) is 2.08.